The van der Waals surface area contributed by atoms with Gasteiger partial charge in [-0.05, 0) is 44.8 Å². The second-order valence-corrected chi connectivity index (χ2v) is 7.22. The van der Waals surface area contributed by atoms with E-state index in [1.54, 1.807) is 17.5 Å². The summed E-state index contributed by atoms with van der Waals surface area (Å²) in [6.07, 6.45) is 4.17. The van der Waals surface area contributed by atoms with Crippen LogP contribution >= 0.6 is 11.3 Å². The molecule has 1 atom stereocenters. The van der Waals surface area contributed by atoms with Gasteiger partial charge in [-0.2, -0.15) is 0 Å². The van der Waals surface area contributed by atoms with Crippen LogP contribution in [0.4, 0.5) is 0 Å². The van der Waals surface area contributed by atoms with E-state index in [9.17, 15) is 4.79 Å². The molecule has 3 aliphatic heterocycles. The van der Waals surface area contributed by atoms with E-state index < -0.39 is 0 Å². The molecule has 2 aromatic rings. The Labute approximate surface area is 139 Å². The minimum absolute atomic E-state index is 0.0627. The average Bonchev–Trinajstić information content (AvgIpc) is 2.99. The Morgan fingerprint density at radius 1 is 1.43 bits per heavy atom. The molecule has 3 fully saturated rings. The molecule has 5 heteroatoms. The van der Waals surface area contributed by atoms with Gasteiger partial charge in [0.1, 0.15) is 5.69 Å². The third-order valence-corrected chi connectivity index (χ3v) is 5.86. The van der Waals surface area contributed by atoms with Crippen molar-refractivity contribution < 1.29 is 4.79 Å². The van der Waals surface area contributed by atoms with Gasteiger partial charge >= 0.3 is 0 Å². The molecule has 118 valence electrons. The van der Waals surface area contributed by atoms with Crippen molar-refractivity contribution in [2.45, 2.75) is 25.8 Å². The zero-order valence-electron chi connectivity index (χ0n) is 13.1. The average molecular weight is 325 g/mol. The summed E-state index contributed by atoms with van der Waals surface area (Å²) in [6.45, 7) is 5.15. The summed E-state index contributed by atoms with van der Waals surface area (Å²) in [4.78, 5) is 19.4. The number of hydrogen-bond donors (Lipinski definition) is 1. The molecule has 3 aliphatic rings. The Bertz CT molecular complexity index is 809. The number of thiophene rings is 1. The fraction of sp³-hybridized carbons (Fsp3) is 0.444. The van der Waals surface area contributed by atoms with E-state index in [0.717, 1.165) is 22.2 Å². The number of piperidine rings is 3. The second-order valence-electron chi connectivity index (χ2n) is 6.31. The van der Waals surface area contributed by atoms with Crippen molar-refractivity contribution in [1.29, 1.82) is 0 Å². The van der Waals surface area contributed by atoms with Crippen LogP contribution in [0.25, 0.3) is 10.1 Å². The first-order valence-electron chi connectivity index (χ1n) is 8.08. The number of carbonyl (C=O) groups is 1. The number of amides is 1. The van der Waals surface area contributed by atoms with Crippen LogP contribution in [0, 0.1) is 17.8 Å². The van der Waals surface area contributed by atoms with Crippen LogP contribution in [-0.4, -0.2) is 41.5 Å². The number of hydrogen-bond acceptors (Lipinski definition) is 4. The van der Waals surface area contributed by atoms with E-state index >= 15 is 0 Å². The second kappa shape index (κ2) is 5.95. The van der Waals surface area contributed by atoms with Crippen molar-refractivity contribution in [2.75, 3.05) is 19.6 Å². The number of nitrogens with one attached hydrogen (secondary N) is 1. The molecule has 0 aliphatic carbocycles. The lowest BCUT2D eigenvalue weighted by Crippen LogP contribution is -2.57. The molecule has 0 radical (unpaired) electrons. The lowest BCUT2D eigenvalue weighted by molar-refractivity contribution is 0.0618. The van der Waals surface area contributed by atoms with E-state index in [4.69, 9.17) is 0 Å². The van der Waals surface area contributed by atoms with Crippen LogP contribution in [-0.2, 0) is 0 Å². The number of nitrogens with zero attached hydrogens (tertiary/aromatic N) is 2. The van der Waals surface area contributed by atoms with Crippen LogP contribution in [0.1, 0.15) is 35.8 Å². The highest BCUT2D eigenvalue weighted by Crippen LogP contribution is 2.28. The van der Waals surface area contributed by atoms with Crippen LogP contribution < -0.4 is 5.32 Å². The molecule has 1 N–H and O–H groups in total. The molecule has 2 bridgehead atoms. The summed E-state index contributed by atoms with van der Waals surface area (Å²) < 4.78 is 1.07. The van der Waals surface area contributed by atoms with Gasteiger partial charge in [0.15, 0.2) is 0 Å². The van der Waals surface area contributed by atoms with Crippen LogP contribution in [0.15, 0.2) is 17.6 Å². The predicted molar refractivity (Wildman–Crippen MR) is 92.6 cm³/mol. The van der Waals surface area contributed by atoms with Crippen LogP contribution in [0.5, 0.6) is 0 Å². The van der Waals surface area contributed by atoms with Gasteiger partial charge in [0.2, 0.25) is 0 Å². The molecule has 23 heavy (non-hydrogen) atoms. The molecule has 0 spiro atoms. The highest BCUT2D eigenvalue weighted by molar-refractivity contribution is 7.17. The van der Waals surface area contributed by atoms with Gasteiger partial charge in [0, 0.05) is 35.1 Å². The molecule has 5 heterocycles. The summed E-state index contributed by atoms with van der Waals surface area (Å²) in [5.74, 6) is 6.58. The van der Waals surface area contributed by atoms with Crippen molar-refractivity contribution in [3.05, 3.63) is 28.9 Å². The highest BCUT2D eigenvalue weighted by atomic mass is 32.1. The Hall–Kier alpha value is -1.90. The predicted octanol–water partition coefficient (Wildman–Crippen LogP) is 2.49. The third-order valence-electron chi connectivity index (χ3n) is 4.93. The van der Waals surface area contributed by atoms with Crippen molar-refractivity contribution in [3.8, 4) is 11.8 Å². The largest absolute Gasteiger partial charge is 0.346 e. The normalized spacial score (nSPS) is 25.9. The molecule has 0 saturated carbocycles. The molecular weight excluding hydrogens is 306 g/mol. The Kier molecular flexibility index (Phi) is 3.80. The van der Waals surface area contributed by atoms with E-state index in [2.05, 4.69) is 27.0 Å². The smallest absolute Gasteiger partial charge is 0.270 e. The third kappa shape index (κ3) is 2.73. The first-order valence-corrected chi connectivity index (χ1v) is 8.96. The van der Waals surface area contributed by atoms with Gasteiger partial charge in [-0.3, -0.25) is 4.79 Å². The Morgan fingerprint density at radius 2 is 2.26 bits per heavy atom. The number of fused-ring (bicyclic) bond motifs is 4. The Balaban J connectivity index is 1.57. The quantitative estimate of drug-likeness (QED) is 0.863. The molecule has 0 unspecified atom stereocenters. The maximum absolute atomic E-state index is 12.6. The van der Waals surface area contributed by atoms with E-state index in [-0.39, 0.29) is 11.9 Å². The summed E-state index contributed by atoms with van der Waals surface area (Å²) in [7, 11) is 0. The van der Waals surface area contributed by atoms with Gasteiger partial charge in [0.25, 0.3) is 5.91 Å². The lowest BCUT2D eigenvalue weighted by Gasteiger charge is -2.44. The van der Waals surface area contributed by atoms with Gasteiger partial charge in [0.05, 0.1) is 4.70 Å². The lowest BCUT2D eigenvalue weighted by atomic mass is 9.84. The van der Waals surface area contributed by atoms with Crippen molar-refractivity contribution in [1.82, 2.24) is 15.2 Å². The van der Waals surface area contributed by atoms with E-state index in [1.165, 1.54) is 25.9 Å². The molecule has 4 nitrogen and oxygen atoms in total. The highest BCUT2D eigenvalue weighted by Gasteiger charge is 2.35. The van der Waals surface area contributed by atoms with Gasteiger partial charge < -0.3 is 10.2 Å². The summed E-state index contributed by atoms with van der Waals surface area (Å²) >= 11 is 1.62. The van der Waals surface area contributed by atoms with Gasteiger partial charge in [-0.15, -0.1) is 17.3 Å². The van der Waals surface area contributed by atoms with Gasteiger partial charge in [-0.1, -0.05) is 5.92 Å². The zero-order valence-corrected chi connectivity index (χ0v) is 13.9. The standard InChI is InChI=1S/C18H19N3OS/c1-2-3-13-11-23-17-9-19-15(8-14(13)17)18(22)20-16-10-21-6-4-12(16)5-7-21/h8-9,11-12,16H,4-7,10H2,1H3,(H,20,22)/t16-/m0/s1. The first-order chi connectivity index (χ1) is 11.2. The van der Waals surface area contributed by atoms with Crippen molar-refractivity contribution in [3.63, 3.8) is 0 Å². The number of pyridine rings is 1. The summed E-state index contributed by atoms with van der Waals surface area (Å²) in [5, 5.41) is 6.25. The molecular formula is C18H19N3OS. The number of carbonyl (C=O) groups excluding carboxylic acids is 1. The minimum Gasteiger partial charge on any atom is -0.346 e. The van der Waals surface area contributed by atoms with E-state index in [1.807, 2.05) is 18.4 Å². The maximum atomic E-state index is 12.6. The fourth-order valence-electron chi connectivity index (χ4n) is 3.66. The molecule has 2 aromatic heterocycles. The molecule has 0 aromatic carbocycles. The van der Waals surface area contributed by atoms with Crippen LogP contribution in [0.2, 0.25) is 0 Å². The SMILES string of the molecule is CC#Cc1csc2cnc(C(=O)N[C@H]3CN4CCC3CC4)cc12. The molecule has 1 amide bonds. The minimum atomic E-state index is -0.0627. The van der Waals surface area contributed by atoms with Gasteiger partial charge in [-0.25, -0.2) is 4.98 Å². The maximum Gasteiger partial charge on any atom is 0.270 e. The Morgan fingerprint density at radius 3 is 2.96 bits per heavy atom. The van der Waals surface area contributed by atoms with E-state index in [0.29, 0.717) is 11.6 Å². The summed E-state index contributed by atoms with van der Waals surface area (Å²) in [6, 6.07) is 2.14. The van der Waals surface area contributed by atoms with Crippen molar-refractivity contribution in [2.24, 2.45) is 5.92 Å². The number of aromatic nitrogens is 1. The van der Waals surface area contributed by atoms with Crippen LogP contribution in [0.3, 0.4) is 0 Å². The van der Waals surface area contributed by atoms with Crippen molar-refractivity contribution >= 4 is 27.3 Å². The topological polar surface area (TPSA) is 45.2 Å². The first kappa shape index (κ1) is 14.7. The number of rotatable bonds is 2. The molecule has 5 rings (SSSR count). The zero-order chi connectivity index (χ0) is 15.8. The monoisotopic (exact) mass is 325 g/mol. The molecule has 3 saturated heterocycles. The summed E-state index contributed by atoms with van der Waals surface area (Å²) in [5.41, 5.74) is 1.47. The fourth-order valence-corrected chi connectivity index (χ4v) is 4.50.